The van der Waals surface area contributed by atoms with E-state index in [4.69, 9.17) is 9.73 Å². The zero-order chi connectivity index (χ0) is 19.2. The topological polar surface area (TPSA) is 76.4 Å². The third-order valence-corrected chi connectivity index (χ3v) is 5.74. The highest BCUT2D eigenvalue weighted by Crippen LogP contribution is 2.23. The average Bonchev–Trinajstić information content (AvgIpc) is 3.25. The van der Waals surface area contributed by atoms with E-state index in [0.717, 1.165) is 43.3 Å². The molecule has 1 aromatic rings. The Morgan fingerprint density at radius 3 is 2.26 bits per heavy atom. The van der Waals surface area contributed by atoms with Gasteiger partial charge in [-0.1, -0.05) is 12.8 Å². The van der Waals surface area contributed by atoms with Crippen molar-refractivity contribution in [1.29, 1.82) is 0 Å². The van der Waals surface area contributed by atoms with Crippen molar-refractivity contribution >= 4 is 5.96 Å². The van der Waals surface area contributed by atoms with Gasteiger partial charge in [0.25, 0.3) is 0 Å². The van der Waals surface area contributed by atoms with Gasteiger partial charge in [0.15, 0.2) is 11.8 Å². The van der Waals surface area contributed by atoms with E-state index < -0.39 is 0 Å². The van der Waals surface area contributed by atoms with Gasteiger partial charge in [0.1, 0.15) is 12.4 Å². The lowest BCUT2D eigenvalue weighted by atomic mass is 9.93. The maximum Gasteiger partial charge on any atom is 0.192 e. The molecule has 1 aromatic heterocycles. The van der Waals surface area contributed by atoms with E-state index in [2.05, 4.69) is 34.7 Å². The molecular formula is C20H36N6O. The van der Waals surface area contributed by atoms with Gasteiger partial charge in [-0.05, 0) is 59.3 Å². The number of aryl methyl sites for hydroxylation is 1. The van der Waals surface area contributed by atoms with E-state index in [1.165, 1.54) is 25.7 Å². The third-order valence-electron chi connectivity index (χ3n) is 5.74. The van der Waals surface area contributed by atoms with Crippen LogP contribution >= 0.6 is 0 Å². The predicted molar refractivity (Wildman–Crippen MR) is 108 cm³/mol. The summed E-state index contributed by atoms with van der Waals surface area (Å²) in [6.07, 6.45) is 10.3. The number of aromatic nitrogens is 3. The fourth-order valence-corrected chi connectivity index (χ4v) is 4.06. The molecular weight excluding hydrogens is 340 g/mol. The zero-order valence-corrected chi connectivity index (χ0v) is 17.4. The minimum Gasteiger partial charge on any atom is -0.376 e. The summed E-state index contributed by atoms with van der Waals surface area (Å²) in [4.78, 5) is 4.83. The van der Waals surface area contributed by atoms with Gasteiger partial charge in [-0.2, -0.15) is 0 Å². The Morgan fingerprint density at radius 1 is 1.07 bits per heavy atom. The SMILES string of the molecule is Cc1nnc(CN=C(NC2CCCC2)NC2CCC(OC(C)C)CC2)n1C. The molecule has 0 radical (unpaired) electrons. The molecule has 2 N–H and O–H groups in total. The molecule has 152 valence electrons. The Morgan fingerprint density at radius 2 is 1.70 bits per heavy atom. The summed E-state index contributed by atoms with van der Waals surface area (Å²) < 4.78 is 7.99. The van der Waals surface area contributed by atoms with Crippen LogP contribution in [0.15, 0.2) is 4.99 Å². The minimum absolute atomic E-state index is 0.315. The van der Waals surface area contributed by atoms with Crippen molar-refractivity contribution in [3.63, 3.8) is 0 Å². The van der Waals surface area contributed by atoms with E-state index in [1.807, 2.05) is 18.5 Å². The normalized spacial score (nSPS) is 24.6. The van der Waals surface area contributed by atoms with E-state index in [-0.39, 0.29) is 0 Å². The first-order valence-corrected chi connectivity index (χ1v) is 10.6. The summed E-state index contributed by atoms with van der Waals surface area (Å²) in [5.74, 6) is 2.74. The van der Waals surface area contributed by atoms with Crippen molar-refractivity contribution in [3.05, 3.63) is 11.6 Å². The second kappa shape index (κ2) is 9.53. The number of ether oxygens (including phenoxy) is 1. The van der Waals surface area contributed by atoms with Gasteiger partial charge in [-0.15, -0.1) is 10.2 Å². The lowest BCUT2D eigenvalue weighted by Crippen LogP contribution is -2.48. The molecule has 2 aliphatic carbocycles. The number of hydrogen-bond acceptors (Lipinski definition) is 4. The second-order valence-corrected chi connectivity index (χ2v) is 8.32. The van der Waals surface area contributed by atoms with Crippen LogP contribution in [0.1, 0.15) is 76.9 Å². The van der Waals surface area contributed by atoms with E-state index in [9.17, 15) is 0 Å². The molecule has 0 aliphatic heterocycles. The Kier molecular flexibility index (Phi) is 7.10. The largest absolute Gasteiger partial charge is 0.376 e. The molecule has 1 heterocycles. The minimum atomic E-state index is 0.315. The molecule has 2 fully saturated rings. The van der Waals surface area contributed by atoms with E-state index in [0.29, 0.717) is 30.8 Å². The monoisotopic (exact) mass is 376 g/mol. The Labute approximate surface area is 163 Å². The van der Waals surface area contributed by atoms with Crippen LogP contribution in [0.25, 0.3) is 0 Å². The van der Waals surface area contributed by atoms with Gasteiger partial charge in [-0.3, -0.25) is 0 Å². The van der Waals surface area contributed by atoms with Crippen molar-refractivity contribution in [2.75, 3.05) is 0 Å². The van der Waals surface area contributed by atoms with Gasteiger partial charge < -0.3 is 19.9 Å². The molecule has 0 spiro atoms. The second-order valence-electron chi connectivity index (χ2n) is 8.32. The smallest absolute Gasteiger partial charge is 0.192 e. The van der Waals surface area contributed by atoms with Crippen LogP contribution in [0.4, 0.5) is 0 Å². The van der Waals surface area contributed by atoms with Crippen LogP contribution < -0.4 is 10.6 Å². The molecule has 0 amide bonds. The van der Waals surface area contributed by atoms with Crippen molar-refractivity contribution < 1.29 is 4.74 Å². The summed E-state index contributed by atoms with van der Waals surface area (Å²) >= 11 is 0. The van der Waals surface area contributed by atoms with Crippen LogP contribution in [-0.4, -0.2) is 45.0 Å². The maximum absolute atomic E-state index is 5.98. The fraction of sp³-hybridized carbons (Fsp3) is 0.850. The van der Waals surface area contributed by atoms with Crippen molar-refractivity contribution in [2.45, 2.75) is 103 Å². The number of rotatable bonds is 6. The lowest BCUT2D eigenvalue weighted by Gasteiger charge is -2.31. The predicted octanol–water partition coefficient (Wildman–Crippen LogP) is 2.84. The van der Waals surface area contributed by atoms with Gasteiger partial charge in [0.2, 0.25) is 0 Å². The molecule has 27 heavy (non-hydrogen) atoms. The summed E-state index contributed by atoms with van der Waals surface area (Å²) in [5, 5.41) is 15.7. The molecule has 7 heteroatoms. The molecule has 0 aromatic carbocycles. The fourth-order valence-electron chi connectivity index (χ4n) is 4.06. The summed E-state index contributed by atoms with van der Waals surface area (Å²) in [7, 11) is 1.99. The van der Waals surface area contributed by atoms with E-state index >= 15 is 0 Å². The number of nitrogens with zero attached hydrogens (tertiary/aromatic N) is 4. The highest BCUT2D eigenvalue weighted by atomic mass is 16.5. The number of guanidine groups is 1. The number of aliphatic imine (C=N–C) groups is 1. The highest BCUT2D eigenvalue weighted by molar-refractivity contribution is 5.80. The standard InChI is InChI=1S/C20H36N6O/c1-14(2)27-18-11-9-17(10-12-18)23-20(22-16-7-5-6-8-16)21-13-19-25-24-15(3)26(19)4/h14,16-18H,5-13H2,1-4H3,(H2,21,22,23). The molecule has 0 atom stereocenters. The van der Waals surface area contributed by atoms with Gasteiger partial charge in [0.05, 0.1) is 12.2 Å². The van der Waals surface area contributed by atoms with Gasteiger partial charge in [-0.25, -0.2) is 4.99 Å². The first-order valence-electron chi connectivity index (χ1n) is 10.6. The number of nitrogens with one attached hydrogen (secondary N) is 2. The Bertz CT molecular complexity index is 612. The molecule has 0 unspecified atom stereocenters. The molecule has 2 aliphatic rings. The summed E-state index contributed by atoms with van der Waals surface area (Å²) in [6, 6.07) is 1.00. The first kappa shape index (κ1) is 20.1. The van der Waals surface area contributed by atoms with Crippen LogP contribution in [0.3, 0.4) is 0 Å². The van der Waals surface area contributed by atoms with Crippen molar-refractivity contribution in [2.24, 2.45) is 12.0 Å². The van der Waals surface area contributed by atoms with Gasteiger partial charge in [0, 0.05) is 19.1 Å². The summed E-state index contributed by atoms with van der Waals surface area (Å²) in [6.45, 7) is 6.75. The summed E-state index contributed by atoms with van der Waals surface area (Å²) in [5.41, 5.74) is 0. The van der Waals surface area contributed by atoms with Crippen LogP contribution in [-0.2, 0) is 18.3 Å². The molecule has 0 saturated heterocycles. The maximum atomic E-state index is 5.98. The third kappa shape index (κ3) is 5.92. The first-order chi connectivity index (χ1) is 13.0. The van der Waals surface area contributed by atoms with Crippen LogP contribution in [0.5, 0.6) is 0 Å². The molecule has 2 saturated carbocycles. The molecule has 0 bridgehead atoms. The Balaban J connectivity index is 1.58. The van der Waals surface area contributed by atoms with Crippen molar-refractivity contribution in [1.82, 2.24) is 25.4 Å². The lowest BCUT2D eigenvalue weighted by molar-refractivity contribution is -0.0152. The molecule has 3 rings (SSSR count). The average molecular weight is 377 g/mol. The van der Waals surface area contributed by atoms with Gasteiger partial charge >= 0.3 is 0 Å². The quantitative estimate of drug-likeness (QED) is 0.590. The zero-order valence-electron chi connectivity index (χ0n) is 17.4. The van der Waals surface area contributed by atoms with Crippen molar-refractivity contribution in [3.8, 4) is 0 Å². The van der Waals surface area contributed by atoms with Crippen LogP contribution in [0.2, 0.25) is 0 Å². The highest BCUT2D eigenvalue weighted by Gasteiger charge is 2.24. The molecule has 7 nitrogen and oxygen atoms in total. The van der Waals surface area contributed by atoms with Crippen LogP contribution in [0, 0.1) is 6.92 Å². The van der Waals surface area contributed by atoms with E-state index in [1.54, 1.807) is 0 Å². The number of hydrogen-bond donors (Lipinski definition) is 2. The Hall–Kier alpha value is -1.63.